The number of aromatic nitrogens is 2. The minimum atomic E-state index is -0.482. The normalized spacial score (nSPS) is 10.5. The summed E-state index contributed by atoms with van der Waals surface area (Å²) in [6, 6.07) is 12.4. The number of nitrogens with zero attached hydrogens (tertiary/aromatic N) is 4. The van der Waals surface area contributed by atoms with Crippen LogP contribution in [0.25, 0.3) is 5.69 Å². The van der Waals surface area contributed by atoms with E-state index in [4.69, 9.17) is 15.3 Å². The third-order valence-electron chi connectivity index (χ3n) is 2.97. The number of carbonyl (C=O) groups is 1. The molecule has 0 spiro atoms. The number of rotatable bonds is 3. The van der Waals surface area contributed by atoms with Crippen LogP contribution >= 0.6 is 0 Å². The highest BCUT2D eigenvalue weighted by Gasteiger charge is 2.14. The van der Waals surface area contributed by atoms with Gasteiger partial charge in [-0.2, -0.15) is 15.6 Å². The summed E-state index contributed by atoms with van der Waals surface area (Å²) in [5.74, 6) is 0. The lowest BCUT2D eigenvalue weighted by atomic mass is 10.1. The molecule has 1 N–H and O–H groups in total. The number of nitrogens with one attached hydrogen (secondary N) is 1. The van der Waals surface area contributed by atoms with Gasteiger partial charge >= 0.3 is 6.09 Å². The molecule has 0 bridgehead atoms. The first kappa shape index (κ1) is 17.0. The molecule has 1 amide bonds. The predicted octanol–water partition coefficient (Wildman–Crippen LogP) is 2.64. The number of benzene rings is 1. The van der Waals surface area contributed by atoms with Crippen molar-refractivity contribution < 1.29 is 9.53 Å². The van der Waals surface area contributed by atoms with Gasteiger partial charge in [-0.05, 0) is 38.5 Å². The van der Waals surface area contributed by atoms with Gasteiger partial charge < -0.3 is 10.1 Å². The van der Waals surface area contributed by atoms with Crippen LogP contribution < -0.4 is 5.32 Å². The van der Waals surface area contributed by atoms with Crippen molar-refractivity contribution in [3.8, 4) is 17.8 Å². The molecule has 1 heterocycles. The first-order valence-electron chi connectivity index (χ1n) is 7.27. The molecule has 0 saturated carbocycles. The van der Waals surface area contributed by atoms with Crippen LogP contribution in [0.15, 0.2) is 30.3 Å². The third kappa shape index (κ3) is 4.34. The van der Waals surface area contributed by atoms with Crippen LogP contribution in [0.2, 0.25) is 0 Å². The zero-order valence-electron chi connectivity index (χ0n) is 13.7. The summed E-state index contributed by atoms with van der Waals surface area (Å²) >= 11 is 0. The van der Waals surface area contributed by atoms with E-state index < -0.39 is 6.09 Å². The van der Waals surface area contributed by atoms with Crippen LogP contribution in [0, 0.1) is 22.7 Å². The molecule has 122 valence electrons. The fraction of sp³-hybridized carbons (Fsp3) is 0.294. The summed E-state index contributed by atoms with van der Waals surface area (Å²) in [6.45, 7) is 5.75. The largest absolute Gasteiger partial charge is 0.445 e. The van der Waals surface area contributed by atoms with Gasteiger partial charge in [0.2, 0.25) is 0 Å². The summed E-state index contributed by atoms with van der Waals surface area (Å²) in [6.07, 6.45) is -0.482. The highest BCUT2D eigenvalue weighted by molar-refractivity contribution is 5.68. The van der Waals surface area contributed by atoms with Gasteiger partial charge in [0.25, 0.3) is 0 Å². The summed E-state index contributed by atoms with van der Waals surface area (Å²) in [7, 11) is 0. The molecule has 0 fully saturated rings. The fourth-order valence-corrected chi connectivity index (χ4v) is 1.94. The van der Waals surface area contributed by atoms with Gasteiger partial charge in [-0.3, -0.25) is 0 Å². The van der Waals surface area contributed by atoms with E-state index in [1.807, 2.05) is 32.9 Å². The number of carbonyl (C=O) groups excluding carboxylic acids is 1. The highest BCUT2D eigenvalue weighted by atomic mass is 16.5. The van der Waals surface area contributed by atoms with Gasteiger partial charge in [0, 0.05) is 11.6 Å². The maximum atomic E-state index is 11.6. The summed E-state index contributed by atoms with van der Waals surface area (Å²) in [4.78, 5) is 11.6. The Hall–Kier alpha value is -3.32. The maximum Gasteiger partial charge on any atom is 0.407 e. The van der Waals surface area contributed by atoms with Crippen molar-refractivity contribution in [1.29, 1.82) is 10.5 Å². The van der Waals surface area contributed by atoms with E-state index in [-0.39, 0.29) is 23.5 Å². The van der Waals surface area contributed by atoms with E-state index >= 15 is 0 Å². The molecule has 0 unspecified atom stereocenters. The predicted molar refractivity (Wildman–Crippen MR) is 86.1 cm³/mol. The van der Waals surface area contributed by atoms with Crippen LogP contribution in [-0.4, -0.2) is 21.4 Å². The minimum absolute atomic E-state index is 0.135. The Balaban J connectivity index is 2.07. The Labute approximate surface area is 140 Å². The first-order chi connectivity index (χ1) is 11.3. The Morgan fingerprint density at radius 2 is 1.92 bits per heavy atom. The average Bonchev–Trinajstić information content (AvgIpc) is 2.95. The van der Waals surface area contributed by atoms with Gasteiger partial charge in [0.05, 0.1) is 5.69 Å². The van der Waals surface area contributed by atoms with Gasteiger partial charge in [0.1, 0.15) is 24.4 Å². The zero-order chi connectivity index (χ0) is 17.7. The van der Waals surface area contributed by atoms with Crippen molar-refractivity contribution in [2.75, 3.05) is 0 Å². The number of ether oxygens (including phenoxy) is 1. The van der Waals surface area contributed by atoms with Crippen molar-refractivity contribution in [3.05, 3.63) is 47.3 Å². The van der Waals surface area contributed by atoms with Crippen LogP contribution in [0.5, 0.6) is 0 Å². The molecule has 2 aromatic rings. The minimum Gasteiger partial charge on any atom is -0.445 e. The van der Waals surface area contributed by atoms with Crippen LogP contribution in [0.1, 0.15) is 37.7 Å². The van der Waals surface area contributed by atoms with E-state index in [0.29, 0.717) is 5.69 Å². The maximum absolute atomic E-state index is 11.6. The Morgan fingerprint density at radius 1 is 1.25 bits per heavy atom. The summed E-state index contributed by atoms with van der Waals surface area (Å²) in [5.41, 5.74) is 1.55. The second-order valence-corrected chi connectivity index (χ2v) is 6.17. The lowest BCUT2D eigenvalue weighted by Gasteiger charge is -2.19. The van der Waals surface area contributed by atoms with E-state index in [1.165, 1.54) is 10.7 Å². The van der Waals surface area contributed by atoms with E-state index in [9.17, 15) is 4.79 Å². The van der Waals surface area contributed by atoms with Gasteiger partial charge in [-0.1, -0.05) is 12.1 Å². The van der Waals surface area contributed by atoms with Crippen molar-refractivity contribution in [2.45, 2.75) is 32.9 Å². The molecule has 0 atom stereocenters. The highest BCUT2D eigenvalue weighted by Crippen LogP contribution is 2.14. The monoisotopic (exact) mass is 323 g/mol. The van der Waals surface area contributed by atoms with Gasteiger partial charge in [-0.15, -0.1) is 0 Å². The molecule has 0 radical (unpaired) electrons. The number of amides is 1. The number of nitriles is 2. The third-order valence-corrected chi connectivity index (χ3v) is 2.97. The van der Waals surface area contributed by atoms with Gasteiger partial charge in [0.15, 0.2) is 5.69 Å². The Bertz CT molecular complexity index is 817. The smallest absolute Gasteiger partial charge is 0.407 e. The van der Waals surface area contributed by atoms with E-state index in [1.54, 1.807) is 24.3 Å². The van der Waals surface area contributed by atoms with Crippen LogP contribution in [-0.2, 0) is 11.3 Å². The zero-order valence-corrected chi connectivity index (χ0v) is 13.7. The standard InChI is InChI=1S/C17H17N5O2/c1-17(2,3)20-16(23)24-11-12-4-6-14(7-5-12)22-15(10-19)8-13(9-18)21-22/h4-8H,11H2,1-3H3,(H,20,23). The molecule has 0 aliphatic carbocycles. The second kappa shape index (κ2) is 6.84. The molecular weight excluding hydrogens is 306 g/mol. The Morgan fingerprint density at radius 3 is 2.46 bits per heavy atom. The molecule has 7 nitrogen and oxygen atoms in total. The summed E-state index contributed by atoms with van der Waals surface area (Å²) < 4.78 is 6.55. The van der Waals surface area contributed by atoms with Crippen molar-refractivity contribution >= 4 is 6.09 Å². The Kier molecular flexibility index (Phi) is 4.86. The number of alkyl carbamates (subject to hydrolysis) is 1. The molecule has 24 heavy (non-hydrogen) atoms. The lowest BCUT2D eigenvalue weighted by molar-refractivity contribution is 0.131. The second-order valence-electron chi connectivity index (χ2n) is 6.17. The molecular formula is C17H17N5O2. The molecule has 0 aliphatic rings. The van der Waals surface area contributed by atoms with Crippen LogP contribution in [0.3, 0.4) is 0 Å². The van der Waals surface area contributed by atoms with Crippen molar-refractivity contribution in [1.82, 2.24) is 15.1 Å². The first-order valence-corrected chi connectivity index (χ1v) is 7.27. The topological polar surface area (TPSA) is 104 Å². The van der Waals surface area contributed by atoms with E-state index in [2.05, 4.69) is 10.4 Å². The lowest BCUT2D eigenvalue weighted by Crippen LogP contribution is -2.40. The van der Waals surface area contributed by atoms with E-state index in [0.717, 1.165) is 5.56 Å². The van der Waals surface area contributed by atoms with Gasteiger partial charge in [-0.25, -0.2) is 9.48 Å². The number of hydrogen-bond acceptors (Lipinski definition) is 5. The average molecular weight is 323 g/mol. The number of hydrogen-bond donors (Lipinski definition) is 1. The fourth-order valence-electron chi connectivity index (χ4n) is 1.94. The molecule has 1 aromatic heterocycles. The molecule has 2 rings (SSSR count). The molecule has 0 saturated heterocycles. The van der Waals surface area contributed by atoms with Crippen molar-refractivity contribution in [2.24, 2.45) is 0 Å². The SMILES string of the molecule is CC(C)(C)NC(=O)OCc1ccc(-n2nc(C#N)cc2C#N)cc1. The molecule has 0 aliphatic heterocycles. The van der Waals surface area contributed by atoms with Crippen molar-refractivity contribution in [3.63, 3.8) is 0 Å². The molecule has 1 aromatic carbocycles. The molecule has 7 heteroatoms. The quantitative estimate of drug-likeness (QED) is 0.935. The van der Waals surface area contributed by atoms with Crippen LogP contribution in [0.4, 0.5) is 4.79 Å². The summed E-state index contributed by atoms with van der Waals surface area (Å²) in [5, 5.41) is 24.7.